The van der Waals surface area contributed by atoms with Crippen LogP contribution < -0.4 is 0 Å². The quantitative estimate of drug-likeness (QED) is 0.789. The Kier molecular flexibility index (Phi) is 6.02. The number of morpholine rings is 1. The van der Waals surface area contributed by atoms with Crippen molar-refractivity contribution in [1.82, 2.24) is 24.3 Å². The molecule has 0 saturated carbocycles. The molecule has 0 spiro atoms. The minimum Gasteiger partial charge on any atom is -0.378 e. The average molecular weight is 383 g/mol. The van der Waals surface area contributed by atoms with Crippen LogP contribution in [0.2, 0.25) is 0 Å². The Labute approximate surface area is 166 Å². The Morgan fingerprint density at radius 2 is 2.11 bits per heavy atom. The topological polar surface area (TPSA) is 63.5 Å². The van der Waals surface area contributed by atoms with Gasteiger partial charge < -0.3 is 9.64 Å². The van der Waals surface area contributed by atoms with Crippen LogP contribution in [0.5, 0.6) is 0 Å². The lowest BCUT2D eigenvalue weighted by molar-refractivity contribution is -0.136. The predicted molar refractivity (Wildman–Crippen MR) is 107 cm³/mol. The van der Waals surface area contributed by atoms with Crippen molar-refractivity contribution in [2.75, 3.05) is 45.9 Å². The van der Waals surface area contributed by atoms with E-state index in [0.29, 0.717) is 38.8 Å². The molecule has 2 aromatic rings. The van der Waals surface area contributed by atoms with Gasteiger partial charge in [-0.3, -0.25) is 14.3 Å². The van der Waals surface area contributed by atoms with E-state index in [1.807, 2.05) is 23.4 Å². The fraction of sp³-hybridized carbons (Fsp3) is 0.571. The molecule has 0 aliphatic carbocycles. The number of rotatable bonds is 5. The van der Waals surface area contributed by atoms with Crippen molar-refractivity contribution >= 4 is 5.91 Å². The third-order valence-electron chi connectivity index (χ3n) is 5.68. The second-order valence-corrected chi connectivity index (χ2v) is 7.56. The molecule has 2 aromatic heterocycles. The molecule has 0 aromatic carbocycles. The largest absolute Gasteiger partial charge is 0.378 e. The summed E-state index contributed by atoms with van der Waals surface area (Å²) in [5.41, 5.74) is 1.11. The Balaban J connectivity index is 1.43. The molecule has 0 radical (unpaired) electrons. The molecule has 4 heterocycles. The second kappa shape index (κ2) is 8.84. The predicted octanol–water partition coefficient (Wildman–Crippen LogP) is 1.87. The number of imidazole rings is 1. The molecule has 7 heteroatoms. The van der Waals surface area contributed by atoms with Crippen LogP contribution >= 0.6 is 0 Å². The number of carbonyl (C=O) groups is 1. The van der Waals surface area contributed by atoms with Gasteiger partial charge in [-0.25, -0.2) is 9.97 Å². The lowest BCUT2D eigenvalue weighted by Gasteiger charge is -2.34. The first-order valence-electron chi connectivity index (χ1n) is 10.3. The van der Waals surface area contributed by atoms with Crippen LogP contribution in [-0.4, -0.2) is 76.2 Å². The first-order chi connectivity index (χ1) is 13.7. The van der Waals surface area contributed by atoms with Crippen LogP contribution in [0.25, 0.3) is 5.82 Å². The summed E-state index contributed by atoms with van der Waals surface area (Å²) in [5.74, 6) is 2.52. The number of ether oxygens (including phenoxy) is 1. The number of carbonyl (C=O) groups excluding carboxylic acids is 1. The van der Waals surface area contributed by atoms with Gasteiger partial charge in [-0.15, -0.1) is 0 Å². The highest BCUT2D eigenvalue weighted by Gasteiger charge is 2.26. The Hall–Kier alpha value is -2.25. The monoisotopic (exact) mass is 383 g/mol. The zero-order valence-electron chi connectivity index (χ0n) is 16.6. The summed E-state index contributed by atoms with van der Waals surface area (Å²) in [5, 5.41) is 0. The van der Waals surface area contributed by atoms with E-state index in [0.717, 1.165) is 49.7 Å². The van der Waals surface area contributed by atoms with Crippen molar-refractivity contribution < 1.29 is 9.53 Å². The first-order valence-corrected chi connectivity index (χ1v) is 10.3. The highest BCUT2D eigenvalue weighted by atomic mass is 16.5. The van der Waals surface area contributed by atoms with Crippen molar-refractivity contribution in [3.63, 3.8) is 0 Å². The van der Waals surface area contributed by atoms with Gasteiger partial charge in [0, 0.05) is 50.1 Å². The van der Waals surface area contributed by atoms with Gasteiger partial charge in [0.2, 0.25) is 5.91 Å². The zero-order valence-corrected chi connectivity index (χ0v) is 16.6. The third kappa shape index (κ3) is 4.25. The standard InChI is InChI=1S/C21H29N5O2/c1-2-19-22-8-10-26(19)20-7-3-6-18(23-20)17-5-4-9-24(15-17)16-21(27)25-11-13-28-14-12-25/h3,6-8,10,17H,2,4-5,9,11-16H2,1H3/t17-/m1/s1. The van der Waals surface area contributed by atoms with E-state index >= 15 is 0 Å². The van der Waals surface area contributed by atoms with Gasteiger partial charge in [-0.1, -0.05) is 13.0 Å². The molecule has 1 amide bonds. The number of likely N-dealkylation sites (tertiary alicyclic amines) is 1. The van der Waals surface area contributed by atoms with E-state index in [2.05, 4.69) is 33.5 Å². The van der Waals surface area contributed by atoms with Gasteiger partial charge in [0.25, 0.3) is 0 Å². The molecule has 7 nitrogen and oxygen atoms in total. The molecule has 0 bridgehead atoms. The second-order valence-electron chi connectivity index (χ2n) is 7.56. The highest BCUT2D eigenvalue weighted by molar-refractivity contribution is 5.78. The third-order valence-corrected chi connectivity index (χ3v) is 5.68. The minimum absolute atomic E-state index is 0.219. The van der Waals surface area contributed by atoms with E-state index in [4.69, 9.17) is 9.72 Å². The molecule has 2 fully saturated rings. The molecule has 150 valence electrons. The Morgan fingerprint density at radius 3 is 2.93 bits per heavy atom. The molecule has 4 rings (SSSR count). The maximum Gasteiger partial charge on any atom is 0.236 e. The normalized spacial score (nSPS) is 21.0. The maximum atomic E-state index is 12.6. The van der Waals surface area contributed by atoms with Crippen molar-refractivity contribution in [3.8, 4) is 5.82 Å². The SMILES string of the molecule is CCc1nccn1-c1cccc([C@@H]2CCCN(CC(=O)N3CCOCC3)C2)n1. The van der Waals surface area contributed by atoms with Gasteiger partial charge in [0.1, 0.15) is 11.6 Å². The fourth-order valence-corrected chi connectivity index (χ4v) is 4.15. The van der Waals surface area contributed by atoms with Crippen LogP contribution in [0.3, 0.4) is 0 Å². The number of aromatic nitrogens is 3. The number of hydrogen-bond acceptors (Lipinski definition) is 5. The molecular formula is C21H29N5O2. The van der Waals surface area contributed by atoms with Gasteiger partial charge in [0.15, 0.2) is 0 Å². The van der Waals surface area contributed by atoms with Crippen molar-refractivity contribution in [2.24, 2.45) is 0 Å². The maximum absolute atomic E-state index is 12.6. The summed E-state index contributed by atoms with van der Waals surface area (Å²) in [6.07, 6.45) is 6.88. The minimum atomic E-state index is 0.219. The molecule has 0 N–H and O–H groups in total. The van der Waals surface area contributed by atoms with E-state index in [1.54, 1.807) is 0 Å². The zero-order chi connectivity index (χ0) is 19.3. The smallest absolute Gasteiger partial charge is 0.236 e. The lowest BCUT2D eigenvalue weighted by atomic mass is 9.94. The van der Waals surface area contributed by atoms with Gasteiger partial charge >= 0.3 is 0 Å². The van der Waals surface area contributed by atoms with Gasteiger partial charge in [0.05, 0.1) is 19.8 Å². The van der Waals surface area contributed by atoms with Gasteiger partial charge in [-0.05, 0) is 31.5 Å². The van der Waals surface area contributed by atoms with Gasteiger partial charge in [-0.2, -0.15) is 0 Å². The number of nitrogens with zero attached hydrogens (tertiary/aromatic N) is 5. The molecular weight excluding hydrogens is 354 g/mol. The lowest BCUT2D eigenvalue weighted by Crippen LogP contribution is -2.47. The van der Waals surface area contributed by atoms with E-state index in [9.17, 15) is 4.79 Å². The van der Waals surface area contributed by atoms with Crippen LogP contribution in [0.1, 0.15) is 37.2 Å². The van der Waals surface area contributed by atoms with E-state index in [-0.39, 0.29) is 5.91 Å². The Bertz CT molecular complexity index is 800. The number of pyridine rings is 1. The first kappa shape index (κ1) is 19.1. The van der Waals surface area contributed by atoms with E-state index in [1.165, 1.54) is 0 Å². The van der Waals surface area contributed by atoms with Crippen LogP contribution in [0.4, 0.5) is 0 Å². The number of amides is 1. The van der Waals surface area contributed by atoms with Crippen molar-refractivity contribution in [1.29, 1.82) is 0 Å². The van der Waals surface area contributed by atoms with Crippen molar-refractivity contribution in [2.45, 2.75) is 32.1 Å². The summed E-state index contributed by atoms with van der Waals surface area (Å²) in [6, 6.07) is 6.23. The Morgan fingerprint density at radius 1 is 1.25 bits per heavy atom. The summed E-state index contributed by atoms with van der Waals surface area (Å²) in [6.45, 7) is 7.20. The molecule has 1 atom stereocenters. The highest BCUT2D eigenvalue weighted by Crippen LogP contribution is 2.26. The molecule has 2 aliphatic rings. The summed E-state index contributed by atoms with van der Waals surface area (Å²) in [4.78, 5) is 26.1. The van der Waals surface area contributed by atoms with E-state index < -0.39 is 0 Å². The number of aryl methyl sites for hydroxylation is 1. The van der Waals surface area contributed by atoms with Crippen molar-refractivity contribution in [3.05, 3.63) is 42.1 Å². The molecule has 2 aliphatic heterocycles. The number of hydrogen-bond donors (Lipinski definition) is 0. The van der Waals surface area contributed by atoms with Crippen LogP contribution in [0.15, 0.2) is 30.6 Å². The fourth-order valence-electron chi connectivity index (χ4n) is 4.15. The number of piperidine rings is 1. The summed E-state index contributed by atoms with van der Waals surface area (Å²) in [7, 11) is 0. The molecule has 0 unspecified atom stereocenters. The van der Waals surface area contributed by atoms with Crippen LogP contribution in [-0.2, 0) is 16.0 Å². The molecule has 2 saturated heterocycles. The van der Waals surface area contributed by atoms with Crippen LogP contribution in [0, 0.1) is 0 Å². The molecule has 28 heavy (non-hydrogen) atoms. The summed E-state index contributed by atoms with van der Waals surface area (Å²) >= 11 is 0. The summed E-state index contributed by atoms with van der Waals surface area (Å²) < 4.78 is 7.41. The average Bonchev–Trinajstić information content (AvgIpc) is 3.24.